The van der Waals surface area contributed by atoms with Gasteiger partial charge in [-0.05, 0) is 30.0 Å². The van der Waals surface area contributed by atoms with Crippen LogP contribution in [0.15, 0.2) is 59.4 Å². The Kier molecular flexibility index (Phi) is 7.07. The van der Waals surface area contributed by atoms with Crippen molar-refractivity contribution in [3.63, 3.8) is 0 Å². The molecule has 35 heavy (non-hydrogen) atoms. The fourth-order valence-electron chi connectivity index (χ4n) is 4.26. The number of nitro benzene ring substituents is 1. The molecule has 0 aliphatic carbocycles. The topological polar surface area (TPSA) is 102 Å². The molecule has 0 unspecified atom stereocenters. The number of benzene rings is 2. The second-order valence-corrected chi connectivity index (χ2v) is 9.12. The monoisotopic (exact) mass is 475 g/mol. The van der Waals surface area contributed by atoms with Gasteiger partial charge in [0.2, 0.25) is 5.43 Å². The van der Waals surface area contributed by atoms with Gasteiger partial charge in [-0.25, -0.2) is 4.68 Å². The van der Waals surface area contributed by atoms with Crippen molar-refractivity contribution >= 4 is 11.6 Å². The summed E-state index contributed by atoms with van der Waals surface area (Å²) in [5, 5.41) is 15.7. The van der Waals surface area contributed by atoms with Crippen molar-refractivity contribution < 1.29 is 9.72 Å². The van der Waals surface area contributed by atoms with Crippen molar-refractivity contribution in [1.29, 1.82) is 0 Å². The number of aromatic nitrogens is 2. The number of carbonyl (C=O) groups excluding carboxylic acids is 1. The van der Waals surface area contributed by atoms with Crippen LogP contribution < -0.4 is 5.43 Å². The molecule has 9 heteroatoms. The fraction of sp³-hybridized carbons (Fsp3) is 0.346. The lowest BCUT2D eigenvalue weighted by molar-refractivity contribution is -0.384. The van der Waals surface area contributed by atoms with Gasteiger partial charge in [0, 0.05) is 50.6 Å². The zero-order valence-corrected chi connectivity index (χ0v) is 20.2. The molecule has 0 bridgehead atoms. The van der Waals surface area contributed by atoms with E-state index in [9.17, 15) is 19.7 Å². The summed E-state index contributed by atoms with van der Waals surface area (Å²) in [5.41, 5.74) is 2.27. The first-order chi connectivity index (χ1) is 16.7. The van der Waals surface area contributed by atoms with Crippen LogP contribution in [0.5, 0.6) is 0 Å². The van der Waals surface area contributed by atoms with E-state index in [4.69, 9.17) is 0 Å². The molecule has 1 aliphatic rings. The lowest BCUT2D eigenvalue weighted by Gasteiger charge is -2.34. The largest absolute Gasteiger partial charge is 0.335 e. The first kappa shape index (κ1) is 24.3. The van der Waals surface area contributed by atoms with Crippen molar-refractivity contribution in [1.82, 2.24) is 19.6 Å². The standard InChI is InChI=1S/C26H29N5O4/c1-18(2)21-10-8-20(9-11-21)17-28-12-14-29(15-13-28)26(33)25-24(32)16-19(3)30(27-25)22-6-4-5-7-23(22)31(34)35/h4-11,16,18H,12-15,17H2,1-3H3. The maximum atomic E-state index is 13.2. The molecule has 3 aromatic rings. The Morgan fingerprint density at radius 1 is 1.06 bits per heavy atom. The van der Waals surface area contributed by atoms with Crippen LogP contribution >= 0.6 is 0 Å². The van der Waals surface area contributed by atoms with Gasteiger partial charge in [-0.2, -0.15) is 5.10 Å². The summed E-state index contributed by atoms with van der Waals surface area (Å²) in [6, 6.07) is 16.0. The molecule has 0 spiro atoms. The van der Waals surface area contributed by atoms with E-state index in [1.54, 1.807) is 30.0 Å². The summed E-state index contributed by atoms with van der Waals surface area (Å²) in [6.07, 6.45) is 0. The van der Waals surface area contributed by atoms with Crippen molar-refractivity contribution in [2.45, 2.75) is 33.2 Å². The van der Waals surface area contributed by atoms with Gasteiger partial charge in [-0.1, -0.05) is 50.2 Å². The number of para-hydroxylation sites is 2. The van der Waals surface area contributed by atoms with E-state index in [0.717, 1.165) is 6.54 Å². The highest BCUT2D eigenvalue weighted by Gasteiger charge is 2.26. The third-order valence-corrected chi connectivity index (χ3v) is 6.33. The van der Waals surface area contributed by atoms with Crippen LogP contribution in [0.25, 0.3) is 5.69 Å². The number of hydrogen-bond donors (Lipinski definition) is 0. The normalized spacial score (nSPS) is 14.3. The van der Waals surface area contributed by atoms with E-state index >= 15 is 0 Å². The van der Waals surface area contributed by atoms with Gasteiger partial charge in [0.1, 0.15) is 5.69 Å². The van der Waals surface area contributed by atoms with Gasteiger partial charge in [-0.3, -0.25) is 24.6 Å². The lowest BCUT2D eigenvalue weighted by Crippen LogP contribution is -2.49. The second-order valence-electron chi connectivity index (χ2n) is 9.12. The first-order valence-electron chi connectivity index (χ1n) is 11.7. The number of nitro groups is 1. The fourth-order valence-corrected chi connectivity index (χ4v) is 4.26. The van der Waals surface area contributed by atoms with E-state index in [1.165, 1.54) is 27.9 Å². The molecular formula is C26H29N5O4. The Morgan fingerprint density at radius 3 is 2.34 bits per heavy atom. The van der Waals surface area contributed by atoms with Crippen molar-refractivity contribution in [2.75, 3.05) is 26.2 Å². The van der Waals surface area contributed by atoms with E-state index < -0.39 is 16.3 Å². The lowest BCUT2D eigenvalue weighted by atomic mass is 10.0. The van der Waals surface area contributed by atoms with E-state index in [0.29, 0.717) is 37.8 Å². The SMILES string of the molecule is Cc1cc(=O)c(C(=O)N2CCN(Cc3ccc(C(C)C)cc3)CC2)nn1-c1ccccc1[N+](=O)[O-]. The Hall–Kier alpha value is -3.85. The highest BCUT2D eigenvalue weighted by molar-refractivity contribution is 5.92. The maximum Gasteiger partial charge on any atom is 0.294 e. The number of nitrogens with zero attached hydrogens (tertiary/aromatic N) is 5. The predicted octanol–water partition coefficient (Wildman–Crippen LogP) is 3.53. The molecule has 0 atom stereocenters. The zero-order valence-electron chi connectivity index (χ0n) is 20.2. The molecule has 182 valence electrons. The van der Waals surface area contributed by atoms with Crippen LogP contribution in [-0.4, -0.2) is 56.6 Å². The van der Waals surface area contributed by atoms with Gasteiger partial charge in [0.05, 0.1) is 4.92 Å². The van der Waals surface area contributed by atoms with Crippen molar-refractivity contribution in [3.8, 4) is 5.69 Å². The molecule has 1 saturated heterocycles. The maximum absolute atomic E-state index is 13.2. The van der Waals surface area contributed by atoms with Gasteiger partial charge in [0.15, 0.2) is 5.69 Å². The number of aryl methyl sites for hydroxylation is 1. The molecule has 0 saturated carbocycles. The number of carbonyl (C=O) groups is 1. The van der Waals surface area contributed by atoms with Crippen LogP contribution in [0.4, 0.5) is 5.69 Å². The van der Waals surface area contributed by atoms with Crippen molar-refractivity contribution in [2.24, 2.45) is 0 Å². The number of piperazine rings is 1. The summed E-state index contributed by atoms with van der Waals surface area (Å²) in [7, 11) is 0. The summed E-state index contributed by atoms with van der Waals surface area (Å²) >= 11 is 0. The minimum absolute atomic E-state index is 0.153. The minimum Gasteiger partial charge on any atom is -0.335 e. The third-order valence-electron chi connectivity index (χ3n) is 6.33. The quantitative estimate of drug-likeness (QED) is 0.399. The molecule has 1 amide bonds. The molecule has 9 nitrogen and oxygen atoms in total. The number of amides is 1. The first-order valence-corrected chi connectivity index (χ1v) is 11.7. The summed E-state index contributed by atoms with van der Waals surface area (Å²) in [5.74, 6) is 0.0369. The molecule has 4 rings (SSSR count). The average molecular weight is 476 g/mol. The Balaban J connectivity index is 1.48. The molecular weight excluding hydrogens is 446 g/mol. The van der Waals surface area contributed by atoms with Crippen LogP contribution in [0.3, 0.4) is 0 Å². The van der Waals surface area contributed by atoms with E-state index in [-0.39, 0.29) is 17.1 Å². The Morgan fingerprint density at radius 2 is 1.71 bits per heavy atom. The van der Waals surface area contributed by atoms with E-state index in [1.807, 2.05) is 0 Å². The van der Waals surface area contributed by atoms with E-state index in [2.05, 4.69) is 48.1 Å². The third kappa shape index (κ3) is 5.30. The highest BCUT2D eigenvalue weighted by Crippen LogP contribution is 2.22. The highest BCUT2D eigenvalue weighted by atomic mass is 16.6. The minimum atomic E-state index is -0.508. The second kappa shape index (κ2) is 10.2. The van der Waals surface area contributed by atoms with Gasteiger partial charge < -0.3 is 4.90 Å². The van der Waals surface area contributed by atoms with Crippen LogP contribution in [-0.2, 0) is 6.54 Å². The average Bonchev–Trinajstić information content (AvgIpc) is 2.84. The predicted molar refractivity (Wildman–Crippen MR) is 133 cm³/mol. The molecule has 0 N–H and O–H groups in total. The summed E-state index contributed by atoms with van der Waals surface area (Å²) < 4.78 is 1.30. The van der Waals surface area contributed by atoms with Gasteiger partial charge in [0.25, 0.3) is 11.6 Å². The van der Waals surface area contributed by atoms with Gasteiger partial charge in [-0.15, -0.1) is 0 Å². The number of rotatable bonds is 6. The van der Waals surface area contributed by atoms with Crippen LogP contribution in [0.1, 0.15) is 47.1 Å². The molecule has 1 fully saturated rings. The molecule has 1 aromatic heterocycles. The molecule has 2 aromatic carbocycles. The summed E-state index contributed by atoms with van der Waals surface area (Å²) in [4.78, 5) is 40.7. The molecule has 2 heterocycles. The Labute approximate surface area is 203 Å². The number of hydrogen-bond acceptors (Lipinski definition) is 6. The van der Waals surface area contributed by atoms with Crippen LogP contribution in [0, 0.1) is 17.0 Å². The van der Waals surface area contributed by atoms with Crippen LogP contribution in [0.2, 0.25) is 0 Å². The molecule has 0 radical (unpaired) electrons. The van der Waals surface area contributed by atoms with Crippen molar-refractivity contribution in [3.05, 3.63) is 97.4 Å². The Bertz CT molecular complexity index is 1290. The molecule has 1 aliphatic heterocycles. The smallest absolute Gasteiger partial charge is 0.294 e. The summed E-state index contributed by atoms with van der Waals surface area (Å²) in [6.45, 7) is 9.09. The zero-order chi connectivity index (χ0) is 25.1. The van der Waals surface area contributed by atoms with Gasteiger partial charge >= 0.3 is 0 Å².